The summed E-state index contributed by atoms with van der Waals surface area (Å²) in [6, 6.07) is 28.4. The number of carbonyl (C=O) groups is 4. The molecule has 0 aromatic heterocycles. The van der Waals surface area contributed by atoms with E-state index in [9.17, 15) is 24.3 Å². The Morgan fingerprint density at radius 1 is 0.769 bits per heavy atom. The van der Waals surface area contributed by atoms with Gasteiger partial charge in [0.25, 0.3) is 0 Å². The number of hydrogen-bond acceptors (Lipinski definition) is 8. The lowest BCUT2D eigenvalue weighted by Gasteiger charge is -2.35. The minimum Gasteiger partial charge on any atom is -0.390 e. The molecule has 0 radical (unpaired) electrons. The fourth-order valence-electron chi connectivity index (χ4n) is 6.19. The second-order valence-corrected chi connectivity index (χ2v) is 15.0. The zero-order valence-corrected chi connectivity index (χ0v) is 31.3. The summed E-state index contributed by atoms with van der Waals surface area (Å²) in [6.07, 6.45) is 1.19. The molecule has 1 saturated heterocycles. The Morgan fingerprint density at radius 2 is 1.31 bits per heavy atom. The van der Waals surface area contributed by atoms with Crippen LogP contribution in [-0.4, -0.2) is 64.9 Å². The highest BCUT2D eigenvalue weighted by atomic mass is 32.2. The van der Waals surface area contributed by atoms with Gasteiger partial charge in [0.05, 0.1) is 29.7 Å². The second-order valence-electron chi connectivity index (χ2n) is 13.7. The molecule has 3 aromatic rings. The number of aliphatic hydroxyl groups is 1. The van der Waals surface area contributed by atoms with Crippen molar-refractivity contribution in [2.75, 3.05) is 5.75 Å². The van der Waals surface area contributed by atoms with Gasteiger partial charge in [-0.25, -0.2) is 4.79 Å². The van der Waals surface area contributed by atoms with E-state index in [1.807, 2.05) is 60.7 Å². The van der Waals surface area contributed by atoms with Gasteiger partial charge in [0.1, 0.15) is 18.2 Å². The van der Waals surface area contributed by atoms with E-state index in [-0.39, 0.29) is 18.3 Å². The van der Waals surface area contributed by atoms with Gasteiger partial charge in [-0.2, -0.15) is 4.89 Å². The lowest BCUT2D eigenvalue weighted by atomic mass is 9.84. The number of benzene rings is 3. The van der Waals surface area contributed by atoms with Crippen molar-refractivity contribution in [1.29, 1.82) is 0 Å². The molecule has 278 valence electrons. The van der Waals surface area contributed by atoms with Crippen LogP contribution in [0, 0.1) is 11.8 Å². The van der Waals surface area contributed by atoms with Crippen LogP contribution in [0.25, 0.3) is 0 Å². The zero-order chi connectivity index (χ0) is 37.7. The Hall–Kier alpha value is -4.45. The van der Waals surface area contributed by atoms with E-state index in [2.05, 4.69) is 52.3 Å². The summed E-state index contributed by atoms with van der Waals surface area (Å²) in [7, 11) is 0. The minimum atomic E-state index is -1.28. The van der Waals surface area contributed by atoms with Crippen molar-refractivity contribution in [3.63, 3.8) is 0 Å². The van der Waals surface area contributed by atoms with E-state index in [1.54, 1.807) is 45.5 Å². The number of carbonyl (C=O) groups excluding carboxylic acids is 4. The average Bonchev–Trinajstić information content (AvgIpc) is 3.13. The average molecular weight is 730 g/mol. The second kappa shape index (κ2) is 19.4. The Balaban J connectivity index is 1.55. The van der Waals surface area contributed by atoms with Crippen molar-refractivity contribution in [3.05, 3.63) is 120 Å². The van der Waals surface area contributed by atoms with Gasteiger partial charge in [0.15, 0.2) is 0 Å². The van der Waals surface area contributed by atoms with Gasteiger partial charge in [-0.05, 0) is 47.6 Å². The lowest BCUT2D eigenvalue weighted by Crippen LogP contribution is -2.57. The van der Waals surface area contributed by atoms with Gasteiger partial charge >= 0.3 is 5.97 Å². The van der Waals surface area contributed by atoms with Crippen LogP contribution in [-0.2, 0) is 33.7 Å². The Morgan fingerprint density at radius 3 is 1.81 bits per heavy atom. The smallest absolute Gasteiger partial charge is 0.345 e. The van der Waals surface area contributed by atoms with Crippen molar-refractivity contribution in [2.24, 2.45) is 11.8 Å². The van der Waals surface area contributed by atoms with Gasteiger partial charge in [-0.15, -0.1) is 11.8 Å². The number of nitrogens with one attached hydrogen (secondary N) is 3. The summed E-state index contributed by atoms with van der Waals surface area (Å²) < 4.78 is -0.496. The molecule has 5 atom stereocenters. The highest BCUT2D eigenvalue weighted by Crippen LogP contribution is 2.48. The van der Waals surface area contributed by atoms with Crippen LogP contribution in [0.15, 0.2) is 103 Å². The van der Waals surface area contributed by atoms with Gasteiger partial charge in [-0.3, -0.25) is 19.3 Å². The minimum absolute atomic E-state index is 0.241. The zero-order valence-electron chi connectivity index (χ0n) is 30.5. The summed E-state index contributed by atoms with van der Waals surface area (Å²) >= 11 is 1.79. The normalized spacial score (nSPS) is 22.9. The van der Waals surface area contributed by atoms with Crippen LogP contribution in [0.5, 0.6) is 0 Å². The molecule has 52 heavy (non-hydrogen) atoms. The topological polar surface area (TPSA) is 143 Å². The highest BCUT2D eigenvalue weighted by molar-refractivity contribution is 8.00. The van der Waals surface area contributed by atoms with Crippen LogP contribution in [0.3, 0.4) is 0 Å². The van der Waals surface area contributed by atoms with Crippen molar-refractivity contribution in [3.8, 4) is 0 Å². The number of rotatable bonds is 10. The molecule has 10 nitrogen and oxygen atoms in total. The first-order chi connectivity index (χ1) is 24.9. The fraction of sp³-hybridized carbons (Fsp3) is 0.415. The molecule has 1 aliphatic heterocycles. The molecule has 0 spiro atoms. The van der Waals surface area contributed by atoms with Crippen molar-refractivity contribution >= 4 is 35.5 Å². The summed E-state index contributed by atoms with van der Waals surface area (Å²) in [4.78, 5) is 62.8. The molecular weight excluding hydrogens is 679 g/mol. The predicted octanol–water partition coefficient (Wildman–Crippen LogP) is 5.44. The van der Waals surface area contributed by atoms with Crippen LogP contribution in [0.2, 0.25) is 0 Å². The highest BCUT2D eigenvalue weighted by Gasteiger charge is 2.37. The third kappa shape index (κ3) is 10.8. The number of amides is 3. The summed E-state index contributed by atoms with van der Waals surface area (Å²) in [5, 5.41) is 19.0. The van der Waals surface area contributed by atoms with Gasteiger partial charge in [0.2, 0.25) is 17.7 Å². The molecule has 4 N–H and O–H groups in total. The molecule has 0 unspecified atom stereocenters. The maximum atomic E-state index is 13.3. The number of hydrogen-bond donors (Lipinski definition) is 4. The van der Waals surface area contributed by atoms with Crippen molar-refractivity contribution < 1.29 is 34.1 Å². The summed E-state index contributed by atoms with van der Waals surface area (Å²) in [6.45, 7) is 8.68. The maximum Gasteiger partial charge on any atom is 0.345 e. The van der Waals surface area contributed by atoms with E-state index >= 15 is 0 Å². The maximum absolute atomic E-state index is 13.3. The van der Waals surface area contributed by atoms with Crippen LogP contribution < -0.4 is 16.0 Å². The van der Waals surface area contributed by atoms with Crippen molar-refractivity contribution in [2.45, 2.75) is 89.0 Å². The molecular formula is C41H51N3O7S. The molecule has 1 heterocycles. The lowest BCUT2D eigenvalue weighted by molar-refractivity contribution is -0.290. The van der Waals surface area contributed by atoms with Gasteiger partial charge in [0, 0.05) is 0 Å². The molecule has 3 amide bonds. The predicted molar refractivity (Wildman–Crippen MR) is 203 cm³/mol. The van der Waals surface area contributed by atoms with E-state index in [0.717, 1.165) is 16.7 Å². The molecule has 0 aliphatic carbocycles. The van der Waals surface area contributed by atoms with E-state index < -0.39 is 65.2 Å². The Bertz CT molecular complexity index is 1540. The Kier molecular flexibility index (Phi) is 15.0. The van der Waals surface area contributed by atoms with E-state index in [1.165, 1.54) is 6.92 Å². The number of thioether (sulfide) groups is 1. The first-order valence-electron chi connectivity index (χ1n) is 17.8. The third-order valence-corrected chi connectivity index (χ3v) is 10.6. The molecule has 0 saturated carbocycles. The molecule has 0 bridgehead atoms. The number of allylic oxidation sites excluding steroid dienone is 1. The monoisotopic (exact) mass is 729 g/mol. The van der Waals surface area contributed by atoms with E-state index in [0.29, 0.717) is 12.2 Å². The van der Waals surface area contributed by atoms with Gasteiger partial charge < -0.3 is 21.1 Å². The standard InChI is InChI=1S/C41H51N3O7S/c1-27(2)37-34(45)26-36(47)51-50-33(25-35(46)43-38(28(3)4)40(49)42-29(5)39(48)44-37)23-15-16-24-52-41(30-17-9-6-10-18-30,31-19-11-7-12-20-31)32-21-13-8-14-22-32/h6-15,17-23,27-29,33-34,37-38,45H,16,24-26H2,1-5H3,(H,42,49)(H,43,46)(H,44,48)/b23-15+/t29-,33-,34-,37-,38-/m1/s1. The third-order valence-electron chi connectivity index (χ3n) is 8.98. The van der Waals surface area contributed by atoms with Gasteiger partial charge in [-0.1, -0.05) is 131 Å². The first-order valence-corrected chi connectivity index (χ1v) is 18.8. The summed E-state index contributed by atoms with van der Waals surface area (Å²) in [5.41, 5.74) is 3.43. The molecule has 1 fully saturated rings. The molecule has 11 heteroatoms. The van der Waals surface area contributed by atoms with E-state index in [4.69, 9.17) is 9.78 Å². The molecule has 3 aromatic carbocycles. The largest absolute Gasteiger partial charge is 0.390 e. The quantitative estimate of drug-likeness (QED) is 0.0936. The van der Waals surface area contributed by atoms with Crippen LogP contribution >= 0.6 is 11.8 Å². The molecule has 1 aliphatic rings. The summed E-state index contributed by atoms with van der Waals surface area (Å²) in [5.74, 6) is -2.26. The first kappa shape index (κ1) is 40.3. The SMILES string of the molecule is CC(C)[C@H]1NC(=O)[C@@H](C)NC(=O)[C@@H](C(C)C)NC(=O)C[C@@H](/C=C/CCSC(c2ccccc2)(c2ccccc2)c2ccccc2)OOC(=O)C[C@H]1O. The molecule has 4 rings (SSSR count). The number of aliphatic hydroxyl groups excluding tert-OH is 1. The van der Waals surface area contributed by atoms with Crippen molar-refractivity contribution in [1.82, 2.24) is 16.0 Å². The fourth-order valence-corrected chi connectivity index (χ4v) is 7.66. The Labute approximate surface area is 311 Å². The van der Waals surface area contributed by atoms with Crippen LogP contribution in [0.4, 0.5) is 0 Å². The van der Waals surface area contributed by atoms with Crippen LogP contribution in [0.1, 0.15) is 70.6 Å².